The first-order valence-corrected chi connectivity index (χ1v) is 11.1. The van der Waals surface area contributed by atoms with Crippen molar-refractivity contribution < 1.29 is 50.9 Å². The summed E-state index contributed by atoms with van der Waals surface area (Å²) in [5.74, 6) is -5.37. The maximum absolute atomic E-state index is 12.4. The van der Waals surface area contributed by atoms with E-state index in [0.29, 0.717) is 5.41 Å². The predicted octanol–water partition coefficient (Wildman–Crippen LogP) is 3.76. The minimum Gasteiger partial charge on any atom is -0.475 e. The fraction of sp³-hybridized carbons (Fsp3) is 0.429. The van der Waals surface area contributed by atoms with Crippen molar-refractivity contribution >= 4 is 29.2 Å². The van der Waals surface area contributed by atoms with Crippen LogP contribution < -0.4 is 0 Å². The van der Waals surface area contributed by atoms with E-state index in [-0.39, 0.29) is 5.91 Å². The fourth-order valence-electron chi connectivity index (χ4n) is 3.65. The number of carboxylic acids is 2. The zero-order chi connectivity index (χ0) is 27.1. The van der Waals surface area contributed by atoms with Crippen molar-refractivity contribution in [2.75, 3.05) is 26.2 Å². The Morgan fingerprint density at radius 1 is 0.944 bits per heavy atom. The number of amides is 1. The highest BCUT2D eigenvalue weighted by Gasteiger charge is 2.49. The molecule has 15 heteroatoms. The maximum Gasteiger partial charge on any atom is 0.490 e. The van der Waals surface area contributed by atoms with E-state index < -0.39 is 24.3 Å². The van der Waals surface area contributed by atoms with Gasteiger partial charge in [-0.2, -0.15) is 37.7 Å². The third-order valence-corrected chi connectivity index (χ3v) is 5.99. The van der Waals surface area contributed by atoms with Crippen LogP contribution in [0.5, 0.6) is 0 Å². The summed E-state index contributed by atoms with van der Waals surface area (Å²) in [7, 11) is 0. The van der Waals surface area contributed by atoms with Crippen molar-refractivity contribution in [3.63, 3.8) is 0 Å². The third kappa shape index (κ3) is 8.48. The number of rotatable bonds is 3. The molecule has 2 fully saturated rings. The quantitative estimate of drug-likeness (QED) is 0.570. The highest BCUT2D eigenvalue weighted by molar-refractivity contribution is 7.07. The van der Waals surface area contributed by atoms with E-state index in [1.54, 1.807) is 35.9 Å². The van der Waals surface area contributed by atoms with Crippen LogP contribution in [0.3, 0.4) is 0 Å². The van der Waals surface area contributed by atoms with Crippen LogP contribution in [-0.2, 0) is 16.1 Å². The minimum absolute atomic E-state index is 0.143. The number of likely N-dealkylation sites (tertiary alicyclic amines) is 2. The van der Waals surface area contributed by atoms with Crippen molar-refractivity contribution in [2.24, 2.45) is 5.41 Å². The summed E-state index contributed by atoms with van der Waals surface area (Å²) in [4.78, 5) is 38.7. The topological polar surface area (TPSA) is 111 Å². The lowest BCUT2D eigenvalue weighted by molar-refractivity contribution is -0.193. The van der Waals surface area contributed by atoms with Gasteiger partial charge in [-0.25, -0.2) is 9.59 Å². The number of hydrogen-bond donors (Lipinski definition) is 2. The van der Waals surface area contributed by atoms with Crippen LogP contribution in [0.1, 0.15) is 22.3 Å². The molecule has 0 bridgehead atoms. The van der Waals surface area contributed by atoms with Crippen LogP contribution >= 0.6 is 11.3 Å². The molecule has 0 saturated carbocycles. The van der Waals surface area contributed by atoms with Crippen molar-refractivity contribution in [1.82, 2.24) is 14.8 Å². The van der Waals surface area contributed by atoms with Gasteiger partial charge in [0.25, 0.3) is 5.91 Å². The summed E-state index contributed by atoms with van der Waals surface area (Å²) in [6, 6.07) is 5.80. The first kappa shape index (κ1) is 29.0. The summed E-state index contributed by atoms with van der Waals surface area (Å²) in [5.41, 5.74) is 2.49. The number of aliphatic carboxylic acids is 2. The van der Waals surface area contributed by atoms with Gasteiger partial charge in [-0.1, -0.05) is 0 Å². The molecule has 2 aliphatic heterocycles. The van der Waals surface area contributed by atoms with Gasteiger partial charge >= 0.3 is 24.3 Å². The zero-order valence-corrected chi connectivity index (χ0v) is 19.2. The molecule has 2 N–H and O–H groups in total. The maximum atomic E-state index is 12.4. The smallest absolute Gasteiger partial charge is 0.475 e. The zero-order valence-electron chi connectivity index (χ0n) is 18.4. The monoisotopic (exact) mass is 541 g/mol. The molecule has 36 heavy (non-hydrogen) atoms. The molecule has 198 valence electrons. The van der Waals surface area contributed by atoms with E-state index >= 15 is 0 Å². The van der Waals surface area contributed by atoms with Crippen molar-refractivity contribution in [1.29, 1.82) is 0 Å². The van der Waals surface area contributed by atoms with E-state index in [0.717, 1.165) is 38.3 Å². The molecule has 0 aliphatic carbocycles. The lowest BCUT2D eigenvalue weighted by Gasteiger charge is -2.48. The molecule has 2 aliphatic rings. The summed E-state index contributed by atoms with van der Waals surface area (Å²) >= 11 is 1.76. The van der Waals surface area contributed by atoms with Gasteiger partial charge in [0.2, 0.25) is 0 Å². The molecule has 2 aromatic heterocycles. The van der Waals surface area contributed by atoms with E-state index in [1.165, 1.54) is 12.0 Å². The second kappa shape index (κ2) is 11.7. The van der Waals surface area contributed by atoms with E-state index in [4.69, 9.17) is 19.8 Å². The largest absolute Gasteiger partial charge is 0.490 e. The van der Waals surface area contributed by atoms with Crippen LogP contribution in [0.25, 0.3) is 0 Å². The number of hydrogen-bond acceptors (Lipinski definition) is 6. The molecular formula is C21H21F6N3O5S. The van der Waals surface area contributed by atoms with Crippen molar-refractivity contribution in [3.05, 3.63) is 52.5 Å². The predicted molar refractivity (Wildman–Crippen MR) is 114 cm³/mol. The molecule has 8 nitrogen and oxygen atoms in total. The molecule has 0 radical (unpaired) electrons. The summed E-state index contributed by atoms with van der Waals surface area (Å²) in [6.45, 7) is 5.10. The lowest BCUT2D eigenvalue weighted by atomic mass is 9.78. The van der Waals surface area contributed by atoms with E-state index in [2.05, 4.69) is 26.7 Å². The van der Waals surface area contributed by atoms with Gasteiger partial charge in [-0.3, -0.25) is 14.7 Å². The number of halogens is 6. The van der Waals surface area contributed by atoms with Crippen LogP contribution in [0.2, 0.25) is 0 Å². The Morgan fingerprint density at radius 3 is 1.92 bits per heavy atom. The Hall–Kier alpha value is -3.20. The number of carbonyl (C=O) groups is 3. The second-order valence-corrected chi connectivity index (χ2v) is 8.88. The van der Waals surface area contributed by atoms with Crippen LogP contribution in [-0.4, -0.2) is 81.4 Å². The molecule has 0 atom stereocenters. The normalized spacial score (nSPS) is 16.8. The Bertz CT molecular complexity index is 1000. The molecule has 2 saturated heterocycles. The lowest BCUT2D eigenvalue weighted by Crippen LogP contribution is -2.59. The Morgan fingerprint density at radius 2 is 1.47 bits per heavy atom. The van der Waals surface area contributed by atoms with Crippen LogP contribution in [0.15, 0.2) is 41.4 Å². The van der Waals surface area contributed by atoms with Gasteiger partial charge in [0.1, 0.15) is 0 Å². The number of alkyl halides is 6. The number of carbonyl (C=O) groups excluding carboxylic acids is 1. The highest BCUT2D eigenvalue weighted by atomic mass is 32.1. The van der Waals surface area contributed by atoms with Crippen molar-refractivity contribution in [3.8, 4) is 0 Å². The van der Waals surface area contributed by atoms with Gasteiger partial charge in [0.05, 0.1) is 0 Å². The minimum atomic E-state index is -5.08. The van der Waals surface area contributed by atoms with E-state index in [1.807, 2.05) is 4.90 Å². The average Bonchev–Trinajstić information content (AvgIpc) is 3.43. The first-order chi connectivity index (χ1) is 16.6. The van der Waals surface area contributed by atoms with Gasteiger partial charge < -0.3 is 15.1 Å². The van der Waals surface area contributed by atoms with Gasteiger partial charge in [-0.05, 0) is 47.5 Å². The third-order valence-electron chi connectivity index (χ3n) is 5.26. The summed E-state index contributed by atoms with van der Waals surface area (Å²) in [5, 5.41) is 18.6. The van der Waals surface area contributed by atoms with E-state index in [9.17, 15) is 31.1 Å². The van der Waals surface area contributed by atoms with Crippen LogP contribution in [0.4, 0.5) is 26.3 Å². The number of thiophene rings is 1. The van der Waals surface area contributed by atoms with Gasteiger partial charge in [0, 0.05) is 49.6 Å². The molecule has 0 unspecified atom stereocenters. The second-order valence-electron chi connectivity index (χ2n) is 8.10. The number of carboxylic acid groups (broad SMARTS) is 2. The molecule has 1 amide bonds. The molecule has 2 aromatic rings. The number of aromatic nitrogens is 1. The van der Waals surface area contributed by atoms with Crippen molar-refractivity contribution in [2.45, 2.75) is 25.3 Å². The molecule has 1 spiro atoms. The Balaban J connectivity index is 0.000000271. The summed E-state index contributed by atoms with van der Waals surface area (Å²) in [6.07, 6.45) is -5.60. The highest BCUT2D eigenvalue weighted by Crippen LogP contribution is 2.40. The van der Waals surface area contributed by atoms with Gasteiger partial charge in [0.15, 0.2) is 0 Å². The van der Waals surface area contributed by atoms with Crippen LogP contribution in [0, 0.1) is 5.41 Å². The Labute approximate surface area is 204 Å². The average molecular weight is 541 g/mol. The molecular weight excluding hydrogens is 520 g/mol. The number of nitrogens with zero attached hydrogens (tertiary/aromatic N) is 3. The van der Waals surface area contributed by atoms with Gasteiger partial charge in [-0.15, -0.1) is 0 Å². The standard InChI is InChI=1S/C17H19N3OS.2C2HF3O2/c21-16(15-1-5-18-6-2-15)20-12-17(13-20)4-7-19(11-17)9-14-3-8-22-10-14;2*3-2(4,5)1(6)7/h1-3,5-6,8,10H,4,7,9,11-13H2;2*(H,6,7). The SMILES string of the molecule is O=C(O)C(F)(F)F.O=C(O)C(F)(F)F.O=C(c1ccncc1)N1CC2(CCN(Cc3ccsc3)C2)C1. The molecule has 4 rings (SSSR count). The molecule has 4 heterocycles. The fourth-order valence-corrected chi connectivity index (χ4v) is 4.31. The number of pyridine rings is 1. The summed E-state index contributed by atoms with van der Waals surface area (Å²) < 4.78 is 63.5. The molecule has 0 aromatic carbocycles. The Kier molecular flexibility index (Phi) is 9.43. The first-order valence-electron chi connectivity index (χ1n) is 10.2.